The van der Waals surface area contributed by atoms with Crippen LogP contribution in [0.2, 0.25) is 0 Å². The highest BCUT2D eigenvalue weighted by Gasteiger charge is 1.96. The maximum absolute atomic E-state index is 10.9. The van der Waals surface area contributed by atoms with Crippen LogP contribution in [-0.2, 0) is 4.79 Å². The van der Waals surface area contributed by atoms with Crippen LogP contribution >= 0.6 is 0 Å². The number of hydrogen-bond acceptors (Lipinski definition) is 1. The summed E-state index contributed by atoms with van der Waals surface area (Å²) in [4.78, 5) is 10.9. The van der Waals surface area contributed by atoms with E-state index < -0.39 is 0 Å². The van der Waals surface area contributed by atoms with Gasteiger partial charge in [-0.25, -0.2) is 0 Å². The minimum atomic E-state index is 0.317. The van der Waals surface area contributed by atoms with Crippen LogP contribution in [0.1, 0.15) is 206 Å². The largest absolute Gasteiger partial charge is 0.300 e. The maximum atomic E-state index is 10.9. The zero-order valence-corrected chi connectivity index (χ0v) is 26.4. The summed E-state index contributed by atoms with van der Waals surface area (Å²) in [5, 5.41) is 0. The molecule has 0 aromatic rings. The van der Waals surface area contributed by atoms with E-state index in [1.165, 1.54) is 173 Å². The molecule has 0 amide bonds. The average Bonchev–Trinajstić information content (AvgIpc) is 2.91. The van der Waals surface area contributed by atoms with E-state index in [4.69, 9.17) is 0 Å². The maximum Gasteiger partial charge on any atom is 0.129 e. The highest BCUT2D eigenvalue weighted by molar-refractivity contribution is 5.75. The molecule has 1 nitrogen and oxygen atoms in total. The van der Waals surface area contributed by atoms with Gasteiger partial charge in [-0.1, -0.05) is 166 Å². The van der Waals surface area contributed by atoms with Crippen LogP contribution in [0.3, 0.4) is 0 Å². The monoisotopic (exact) mass is 531 g/mol. The Morgan fingerprint density at radius 2 is 0.605 bits per heavy atom. The summed E-state index contributed by atoms with van der Waals surface area (Å²) in [6.07, 6.45) is 50.5. The predicted molar refractivity (Wildman–Crippen MR) is 173 cm³/mol. The Hall–Kier alpha value is -0.850. The Morgan fingerprint density at radius 1 is 0.368 bits per heavy atom. The summed E-state index contributed by atoms with van der Waals surface area (Å²) in [5.41, 5.74) is 0. The first kappa shape index (κ1) is 37.1. The van der Waals surface area contributed by atoms with Gasteiger partial charge in [-0.3, -0.25) is 0 Å². The summed E-state index contributed by atoms with van der Waals surface area (Å²) < 4.78 is 0. The number of rotatable bonds is 32. The van der Waals surface area contributed by atoms with Crippen molar-refractivity contribution < 1.29 is 4.79 Å². The SMILES string of the molecule is CCCCCCCC/C=C\CCCCCCCCCCCCCCCCCCCC/C=C\CCCC(C)=O. The van der Waals surface area contributed by atoms with E-state index in [9.17, 15) is 4.79 Å². The number of unbranched alkanes of at least 4 members (excludes halogenated alkanes) is 26. The first-order valence-corrected chi connectivity index (χ1v) is 17.6. The summed E-state index contributed by atoms with van der Waals surface area (Å²) in [6.45, 7) is 3.98. The highest BCUT2D eigenvalue weighted by Crippen LogP contribution is 2.15. The van der Waals surface area contributed by atoms with Crippen molar-refractivity contribution in [1.82, 2.24) is 0 Å². The lowest BCUT2D eigenvalue weighted by molar-refractivity contribution is -0.117. The highest BCUT2D eigenvalue weighted by atomic mass is 16.1. The number of carbonyl (C=O) groups excluding carboxylic acids is 1. The van der Waals surface area contributed by atoms with Crippen molar-refractivity contribution >= 4 is 5.78 Å². The van der Waals surface area contributed by atoms with Gasteiger partial charge in [-0.05, 0) is 58.3 Å². The third kappa shape index (κ3) is 35.2. The lowest BCUT2D eigenvalue weighted by Gasteiger charge is -2.04. The van der Waals surface area contributed by atoms with E-state index in [1.54, 1.807) is 6.92 Å². The van der Waals surface area contributed by atoms with Crippen molar-refractivity contribution in [1.29, 1.82) is 0 Å². The van der Waals surface area contributed by atoms with E-state index in [2.05, 4.69) is 31.2 Å². The van der Waals surface area contributed by atoms with Crippen LogP contribution in [0.15, 0.2) is 24.3 Å². The number of ketones is 1. The van der Waals surface area contributed by atoms with Crippen LogP contribution in [0.5, 0.6) is 0 Å². The van der Waals surface area contributed by atoms with Gasteiger partial charge < -0.3 is 4.79 Å². The molecule has 0 rings (SSSR count). The molecule has 0 aromatic carbocycles. The molecule has 0 bridgehead atoms. The Balaban J connectivity index is 3.10. The van der Waals surface area contributed by atoms with Gasteiger partial charge in [0.25, 0.3) is 0 Å². The molecule has 0 aromatic heterocycles. The van der Waals surface area contributed by atoms with Crippen LogP contribution in [0.25, 0.3) is 0 Å². The summed E-state index contributed by atoms with van der Waals surface area (Å²) in [7, 11) is 0. The van der Waals surface area contributed by atoms with E-state index in [-0.39, 0.29) is 0 Å². The normalized spacial score (nSPS) is 11.8. The van der Waals surface area contributed by atoms with Gasteiger partial charge in [-0.15, -0.1) is 0 Å². The lowest BCUT2D eigenvalue weighted by Crippen LogP contribution is -1.87. The third-order valence-electron chi connectivity index (χ3n) is 7.95. The Kier molecular flexibility index (Phi) is 33.4. The van der Waals surface area contributed by atoms with Gasteiger partial charge in [0.2, 0.25) is 0 Å². The standard InChI is InChI=1S/C37H70O/c1-3-4-5-6-7-8-9-10-11-12-13-14-15-16-17-18-19-20-21-22-23-24-25-26-27-28-29-30-31-32-33-34-35-36-37(2)38/h10-11,32-33H,3-9,12-31,34-36H2,1-2H3/b11-10-,33-32-. The van der Waals surface area contributed by atoms with Crippen molar-refractivity contribution in [3.8, 4) is 0 Å². The molecule has 0 N–H and O–H groups in total. The Labute approximate surface area is 241 Å². The minimum absolute atomic E-state index is 0.317. The molecule has 0 aliphatic heterocycles. The van der Waals surface area contributed by atoms with Crippen LogP contribution in [0.4, 0.5) is 0 Å². The molecule has 0 unspecified atom stereocenters. The second-order valence-corrected chi connectivity index (χ2v) is 12.0. The van der Waals surface area contributed by atoms with Gasteiger partial charge in [-0.2, -0.15) is 0 Å². The number of allylic oxidation sites excluding steroid dienone is 4. The Morgan fingerprint density at radius 3 is 0.868 bits per heavy atom. The van der Waals surface area contributed by atoms with Crippen molar-refractivity contribution in [2.24, 2.45) is 0 Å². The van der Waals surface area contributed by atoms with Crippen LogP contribution in [-0.4, -0.2) is 5.78 Å². The van der Waals surface area contributed by atoms with Crippen molar-refractivity contribution in [2.75, 3.05) is 0 Å². The second-order valence-electron chi connectivity index (χ2n) is 12.0. The number of Topliss-reactive ketones (excluding diaryl/α,β-unsaturated/α-hetero) is 1. The summed E-state index contributed by atoms with van der Waals surface area (Å²) >= 11 is 0. The summed E-state index contributed by atoms with van der Waals surface area (Å²) in [5.74, 6) is 0.317. The molecular formula is C37H70O. The number of hydrogen-bond donors (Lipinski definition) is 0. The molecule has 0 aliphatic carbocycles. The van der Waals surface area contributed by atoms with E-state index in [0.717, 1.165) is 19.3 Å². The fraction of sp³-hybridized carbons (Fsp3) is 0.865. The molecule has 0 fully saturated rings. The molecule has 0 aliphatic rings. The number of carbonyl (C=O) groups is 1. The molecule has 0 atom stereocenters. The van der Waals surface area contributed by atoms with Gasteiger partial charge in [0.05, 0.1) is 0 Å². The molecule has 224 valence electrons. The lowest BCUT2D eigenvalue weighted by atomic mass is 10.0. The predicted octanol–water partition coefficient (Wildman–Crippen LogP) is 13.4. The topological polar surface area (TPSA) is 17.1 Å². The van der Waals surface area contributed by atoms with Gasteiger partial charge >= 0.3 is 0 Å². The van der Waals surface area contributed by atoms with E-state index in [1.807, 2.05) is 0 Å². The molecule has 0 radical (unpaired) electrons. The van der Waals surface area contributed by atoms with Crippen molar-refractivity contribution in [3.63, 3.8) is 0 Å². The summed E-state index contributed by atoms with van der Waals surface area (Å²) in [6, 6.07) is 0. The van der Waals surface area contributed by atoms with E-state index in [0.29, 0.717) is 5.78 Å². The van der Waals surface area contributed by atoms with Crippen LogP contribution < -0.4 is 0 Å². The first-order chi connectivity index (χ1) is 18.8. The van der Waals surface area contributed by atoms with Crippen molar-refractivity contribution in [2.45, 2.75) is 206 Å². The zero-order valence-electron chi connectivity index (χ0n) is 26.4. The molecule has 38 heavy (non-hydrogen) atoms. The molecule has 0 heterocycles. The molecule has 0 saturated carbocycles. The molecule has 0 spiro atoms. The second kappa shape index (κ2) is 34.2. The first-order valence-electron chi connectivity index (χ1n) is 17.6. The molecule has 0 saturated heterocycles. The minimum Gasteiger partial charge on any atom is -0.300 e. The smallest absolute Gasteiger partial charge is 0.129 e. The van der Waals surface area contributed by atoms with Crippen molar-refractivity contribution in [3.05, 3.63) is 24.3 Å². The average molecular weight is 531 g/mol. The molecule has 1 heteroatoms. The fourth-order valence-electron chi connectivity index (χ4n) is 5.34. The van der Waals surface area contributed by atoms with Gasteiger partial charge in [0.15, 0.2) is 0 Å². The van der Waals surface area contributed by atoms with Gasteiger partial charge in [0, 0.05) is 6.42 Å². The Bertz CT molecular complexity index is 503. The quantitative estimate of drug-likeness (QED) is 0.0624. The zero-order chi connectivity index (χ0) is 27.6. The van der Waals surface area contributed by atoms with Crippen LogP contribution in [0, 0.1) is 0 Å². The molecular weight excluding hydrogens is 460 g/mol. The third-order valence-corrected chi connectivity index (χ3v) is 7.95. The van der Waals surface area contributed by atoms with Gasteiger partial charge in [0.1, 0.15) is 5.78 Å². The fourth-order valence-corrected chi connectivity index (χ4v) is 5.34. The van der Waals surface area contributed by atoms with E-state index >= 15 is 0 Å².